The van der Waals surface area contributed by atoms with Crippen LogP contribution >= 0.6 is 0 Å². The fraction of sp³-hybridized carbons (Fsp3) is 0.455. The first-order valence-electron chi connectivity index (χ1n) is 27.1. The molecule has 6 aromatic rings. The lowest BCUT2D eigenvalue weighted by molar-refractivity contribution is -0.0282. The van der Waals surface area contributed by atoms with Crippen LogP contribution in [0.3, 0.4) is 0 Å². The first-order valence-corrected chi connectivity index (χ1v) is 27.1. The molecular weight excluding hydrogens is 889 g/mol. The largest absolute Gasteiger partial charge is 0.508 e. The summed E-state index contributed by atoms with van der Waals surface area (Å²) < 4.78 is 0. The lowest BCUT2D eigenvalue weighted by Crippen LogP contribution is -2.56. The molecule has 10 rings (SSSR count). The van der Waals surface area contributed by atoms with Crippen molar-refractivity contribution in [2.75, 3.05) is 0 Å². The number of hydrogen-bond acceptors (Lipinski definition) is 6. The minimum atomic E-state index is -0.376. The van der Waals surface area contributed by atoms with Crippen LogP contribution in [0.5, 0.6) is 34.5 Å². The monoisotopic (exact) mass is 969 g/mol. The highest BCUT2D eigenvalue weighted by Gasteiger charge is 2.59. The van der Waals surface area contributed by atoms with Crippen LogP contribution in [0.4, 0.5) is 0 Å². The van der Waals surface area contributed by atoms with Gasteiger partial charge in [-0.2, -0.15) is 0 Å². The minimum absolute atomic E-state index is 0.0433. The van der Waals surface area contributed by atoms with Gasteiger partial charge in [-0.25, -0.2) is 0 Å². The van der Waals surface area contributed by atoms with Gasteiger partial charge in [0.25, 0.3) is 0 Å². The lowest BCUT2D eigenvalue weighted by Gasteiger charge is -2.63. The lowest BCUT2D eigenvalue weighted by atomic mass is 9.41. The predicted molar refractivity (Wildman–Crippen MR) is 293 cm³/mol. The molecule has 0 heterocycles. The van der Waals surface area contributed by atoms with Crippen LogP contribution in [0.25, 0.3) is 0 Å². The molecule has 4 saturated carbocycles. The first kappa shape index (κ1) is 51.0. The van der Waals surface area contributed by atoms with Crippen molar-refractivity contribution in [3.63, 3.8) is 0 Å². The van der Waals surface area contributed by atoms with Crippen LogP contribution in [0.1, 0.15) is 247 Å². The second kappa shape index (κ2) is 19.2. The zero-order valence-electron chi connectivity index (χ0n) is 44.9. The van der Waals surface area contributed by atoms with Crippen LogP contribution in [0.15, 0.2) is 97.1 Å². The molecule has 0 aromatic heterocycles. The maximum atomic E-state index is 12.7. The summed E-state index contributed by atoms with van der Waals surface area (Å²) in [6.45, 7) is 25.4. The summed E-state index contributed by atoms with van der Waals surface area (Å²) in [6.07, 6.45) is 6.46. The van der Waals surface area contributed by atoms with Gasteiger partial charge in [-0.3, -0.25) is 0 Å². The summed E-state index contributed by atoms with van der Waals surface area (Å²) in [5.41, 5.74) is 13.2. The molecule has 6 heteroatoms. The van der Waals surface area contributed by atoms with Crippen molar-refractivity contribution >= 4 is 0 Å². The molecule has 6 nitrogen and oxygen atoms in total. The molecule has 6 aromatic carbocycles. The summed E-state index contributed by atoms with van der Waals surface area (Å²) in [6, 6.07) is 33.0. The third-order valence-corrected chi connectivity index (χ3v) is 17.5. The Kier molecular flexibility index (Phi) is 13.6. The fourth-order valence-electron chi connectivity index (χ4n) is 14.2. The minimum Gasteiger partial charge on any atom is -0.508 e. The van der Waals surface area contributed by atoms with Gasteiger partial charge < -0.3 is 30.6 Å². The van der Waals surface area contributed by atoms with E-state index < -0.39 is 0 Å². The van der Waals surface area contributed by atoms with E-state index in [1.165, 1.54) is 17.5 Å². The van der Waals surface area contributed by atoms with Gasteiger partial charge in [0, 0.05) is 23.0 Å². The summed E-state index contributed by atoms with van der Waals surface area (Å²) >= 11 is 0. The molecule has 0 unspecified atom stereocenters. The van der Waals surface area contributed by atoms with Crippen LogP contribution in [0.2, 0.25) is 0 Å². The van der Waals surface area contributed by atoms with Crippen molar-refractivity contribution in [2.45, 2.75) is 180 Å². The summed E-state index contributed by atoms with van der Waals surface area (Å²) in [7, 11) is 0. The standard InChI is InChI=1S/C66H80O6/c1-35(2)49-22-43(13-17-57(49)67)61(44-14-18-58(68)50(23-44)36(3)4)55-28-47(26-53(39(9)10)63(55)71)65-30-41-21-42(31-65)33-66(32-41,34-65)48-27-54(40(11)12)64(72)56(29-48)62(45-15-19-59(69)51(24-45)37(5)6)46-16-20-60(70)52(25-46)38(7)8/h13-20,22-29,35-42,61-62,67-72H,21,30-34H2,1-12H3. The number of phenols is 6. The fourth-order valence-corrected chi connectivity index (χ4v) is 14.2. The third-order valence-electron chi connectivity index (χ3n) is 17.5. The van der Waals surface area contributed by atoms with E-state index in [1.54, 1.807) is 24.3 Å². The molecule has 6 N–H and O–H groups in total. The van der Waals surface area contributed by atoms with Crippen molar-refractivity contribution in [1.29, 1.82) is 0 Å². The first-order chi connectivity index (χ1) is 34.0. The van der Waals surface area contributed by atoms with Gasteiger partial charge in [-0.15, -0.1) is 0 Å². The van der Waals surface area contributed by atoms with E-state index in [-0.39, 0.29) is 81.2 Å². The van der Waals surface area contributed by atoms with E-state index in [4.69, 9.17) is 0 Å². The summed E-state index contributed by atoms with van der Waals surface area (Å²) in [4.78, 5) is 0. The van der Waals surface area contributed by atoms with Gasteiger partial charge in [0.15, 0.2) is 0 Å². The van der Waals surface area contributed by atoms with Crippen molar-refractivity contribution in [3.8, 4) is 34.5 Å². The zero-order valence-corrected chi connectivity index (χ0v) is 44.9. The Morgan fingerprint density at radius 2 is 0.583 bits per heavy atom. The molecule has 4 fully saturated rings. The Hall–Kier alpha value is -5.88. The third kappa shape index (κ3) is 9.04. The van der Waals surface area contributed by atoms with Gasteiger partial charge in [0.2, 0.25) is 0 Å². The van der Waals surface area contributed by atoms with Crippen LogP contribution < -0.4 is 0 Å². The summed E-state index contributed by atoms with van der Waals surface area (Å²) in [5.74, 6) is 2.31. The van der Waals surface area contributed by atoms with Gasteiger partial charge in [0.1, 0.15) is 34.5 Å². The molecule has 4 bridgehead atoms. The quantitative estimate of drug-likeness (QED) is 0.0605. The van der Waals surface area contributed by atoms with Crippen molar-refractivity contribution in [3.05, 3.63) is 175 Å². The molecule has 0 radical (unpaired) electrons. The van der Waals surface area contributed by atoms with E-state index in [9.17, 15) is 30.6 Å². The maximum Gasteiger partial charge on any atom is 0.123 e. The molecule has 0 amide bonds. The van der Waals surface area contributed by atoms with Gasteiger partial charge in [0.05, 0.1) is 0 Å². The average molecular weight is 969 g/mol. The summed E-state index contributed by atoms with van der Waals surface area (Å²) in [5, 5.41) is 69.8. The normalized spacial score (nSPS) is 20.8. The van der Waals surface area contributed by atoms with Crippen LogP contribution in [-0.4, -0.2) is 30.6 Å². The Morgan fingerprint density at radius 1 is 0.333 bits per heavy atom. The number of benzene rings is 6. The van der Waals surface area contributed by atoms with Crippen LogP contribution in [0, 0.1) is 11.8 Å². The predicted octanol–water partition coefficient (Wildman–Crippen LogP) is 16.8. The molecule has 72 heavy (non-hydrogen) atoms. The Labute approximate surface area is 429 Å². The van der Waals surface area contributed by atoms with Gasteiger partial charge in [-0.1, -0.05) is 156 Å². The molecule has 0 saturated heterocycles. The number of aromatic hydroxyl groups is 6. The maximum absolute atomic E-state index is 12.7. The van der Waals surface area contributed by atoms with E-state index in [1.807, 2.05) is 24.3 Å². The highest BCUT2D eigenvalue weighted by molar-refractivity contribution is 5.61. The van der Waals surface area contributed by atoms with E-state index >= 15 is 0 Å². The molecule has 380 valence electrons. The topological polar surface area (TPSA) is 121 Å². The Balaban J connectivity index is 1.25. The van der Waals surface area contributed by atoms with Gasteiger partial charge in [-0.05, 0) is 188 Å². The SMILES string of the molecule is CC(C)c1cc(C(c2ccc(O)c(C(C)C)c2)c2cc(C34CC5CC(C3)CC(c3cc(C(C)C)c(O)c(C(c6ccc(O)c(C(C)C)c6)c6ccc(O)c(C(C)C)c6)c3)(C5)C4)cc(C(C)C)c2O)ccc1O. The number of rotatable bonds is 14. The smallest absolute Gasteiger partial charge is 0.123 e. The van der Waals surface area contributed by atoms with Crippen molar-refractivity contribution in [2.24, 2.45) is 11.8 Å². The highest BCUT2D eigenvalue weighted by Crippen LogP contribution is 2.67. The second-order valence-electron chi connectivity index (χ2n) is 24.6. The molecule has 0 aliphatic heterocycles. The highest BCUT2D eigenvalue weighted by atomic mass is 16.3. The number of hydrogen-bond donors (Lipinski definition) is 6. The van der Waals surface area contributed by atoms with E-state index in [2.05, 4.69) is 132 Å². The molecule has 0 atom stereocenters. The van der Waals surface area contributed by atoms with Crippen LogP contribution in [-0.2, 0) is 10.8 Å². The van der Waals surface area contributed by atoms with E-state index in [0.717, 1.165) is 98.9 Å². The van der Waals surface area contributed by atoms with Crippen molar-refractivity contribution in [1.82, 2.24) is 0 Å². The number of phenolic OH excluding ortho intramolecular Hbond substituents is 6. The van der Waals surface area contributed by atoms with Crippen molar-refractivity contribution < 1.29 is 30.6 Å². The second-order valence-corrected chi connectivity index (χ2v) is 24.6. The Morgan fingerprint density at radius 3 is 0.833 bits per heavy atom. The average Bonchev–Trinajstić information content (AvgIpc) is 3.31. The van der Waals surface area contributed by atoms with Gasteiger partial charge >= 0.3 is 0 Å². The Bertz CT molecular complexity index is 2680. The molecule has 4 aliphatic carbocycles. The molecular formula is C66H80O6. The van der Waals surface area contributed by atoms with E-state index in [0.29, 0.717) is 23.3 Å². The molecule has 4 aliphatic rings. The molecule has 0 spiro atoms. The zero-order chi connectivity index (χ0) is 51.9.